The Labute approximate surface area is 88.6 Å². The summed E-state index contributed by atoms with van der Waals surface area (Å²) in [6.07, 6.45) is 4.53. The molecule has 2 nitrogen and oxygen atoms in total. The fraction of sp³-hybridized carbons (Fsp3) is 0.231. The monoisotopic (exact) mass is 200 g/mol. The zero-order valence-electron chi connectivity index (χ0n) is 8.62. The van der Waals surface area contributed by atoms with Crippen LogP contribution in [0.1, 0.15) is 39.6 Å². The minimum atomic E-state index is -0.0671. The second-order valence-electron chi connectivity index (χ2n) is 3.65. The van der Waals surface area contributed by atoms with Crippen molar-refractivity contribution in [1.82, 2.24) is 0 Å². The van der Waals surface area contributed by atoms with Gasteiger partial charge >= 0.3 is 0 Å². The van der Waals surface area contributed by atoms with Crippen molar-refractivity contribution in [2.45, 2.75) is 19.8 Å². The fourth-order valence-electron chi connectivity index (χ4n) is 1.90. The summed E-state index contributed by atoms with van der Waals surface area (Å²) in [4.78, 5) is 23.2. The third-order valence-corrected chi connectivity index (χ3v) is 2.57. The molecule has 0 atom stereocenters. The number of allylic oxidation sites excluding steroid dienone is 2. The number of aryl methyl sites for hydroxylation is 1. The zero-order valence-corrected chi connectivity index (χ0v) is 8.62. The molecule has 2 heteroatoms. The molecule has 0 heterocycles. The molecule has 0 N–H and O–H groups in total. The van der Waals surface area contributed by atoms with Crippen molar-refractivity contribution in [1.29, 1.82) is 0 Å². The minimum Gasteiger partial charge on any atom is -0.289 e. The van der Waals surface area contributed by atoms with Crippen LogP contribution in [0.25, 0.3) is 0 Å². The number of rotatable bonds is 2. The Hall–Kier alpha value is -1.70. The molecule has 0 aliphatic heterocycles. The van der Waals surface area contributed by atoms with E-state index >= 15 is 0 Å². The Kier molecular flexibility index (Phi) is 2.50. The van der Waals surface area contributed by atoms with Gasteiger partial charge in [-0.3, -0.25) is 9.59 Å². The first-order valence-corrected chi connectivity index (χ1v) is 5.12. The Morgan fingerprint density at radius 3 is 2.53 bits per heavy atom. The second-order valence-corrected chi connectivity index (χ2v) is 3.65. The minimum absolute atomic E-state index is 0.0475. The van der Waals surface area contributed by atoms with E-state index in [1.165, 1.54) is 12.2 Å². The van der Waals surface area contributed by atoms with Gasteiger partial charge in [0.2, 0.25) is 0 Å². The van der Waals surface area contributed by atoms with Gasteiger partial charge in [-0.2, -0.15) is 0 Å². The summed E-state index contributed by atoms with van der Waals surface area (Å²) in [5.74, 6) is -0.115. The predicted molar refractivity (Wildman–Crippen MR) is 58.2 cm³/mol. The standard InChI is InChI=1S/C13H12O2/c1-2-4-9-5-3-6-10-11(14)7-8-12(15)13(9)10/h3,5-8H,2,4H2,1H3. The SMILES string of the molecule is CCCc1cccc2c1C(=O)C=CC2=O. The Morgan fingerprint density at radius 2 is 1.80 bits per heavy atom. The number of fused-ring (bicyclic) bond motifs is 1. The Balaban J connectivity index is 2.60. The maximum Gasteiger partial charge on any atom is 0.186 e. The lowest BCUT2D eigenvalue weighted by molar-refractivity contribution is 0.0993. The molecule has 15 heavy (non-hydrogen) atoms. The number of hydrogen-bond acceptors (Lipinski definition) is 2. The highest BCUT2D eigenvalue weighted by Crippen LogP contribution is 2.21. The van der Waals surface area contributed by atoms with Gasteiger partial charge in [-0.1, -0.05) is 31.5 Å². The number of benzene rings is 1. The molecular weight excluding hydrogens is 188 g/mol. The van der Waals surface area contributed by atoms with Crippen molar-refractivity contribution >= 4 is 11.6 Å². The van der Waals surface area contributed by atoms with Crippen molar-refractivity contribution in [2.24, 2.45) is 0 Å². The lowest BCUT2D eigenvalue weighted by Crippen LogP contribution is -2.14. The van der Waals surface area contributed by atoms with Crippen LogP contribution in [0.5, 0.6) is 0 Å². The van der Waals surface area contributed by atoms with Crippen molar-refractivity contribution < 1.29 is 9.59 Å². The lowest BCUT2D eigenvalue weighted by atomic mass is 9.89. The van der Waals surface area contributed by atoms with Gasteiger partial charge in [-0.15, -0.1) is 0 Å². The molecule has 0 spiro atoms. The number of hydrogen-bond donors (Lipinski definition) is 0. The first-order valence-electron chi connectivity index (χ1n) is 5.12. The van der Waals surface area contributed by atoms with Crippen LogP contribution in [0.4, 0.5) is 0 Å². The highest BCUT2D eigenvalue weighted by molar-refractivity contribution is 6.22. The average molecular weight is 200 g/mol. The molecule has 76 valence electrons. The molecule has 1 aliphatic carbocycles. The Bertz CT molecular complexity index is 456. The van der Waals surface area contributed by atoms with Crippen LogP contribution >= 0.6 is 0 Å². The van der Waals surface area contributed by atoms with Crippen LogP contribution in [-0.2, 0) is 6.42 Å². The molecule has 1 aliphatic rings. The second kappa shape index (κ2) is 3.81. The first-order chi connectivity index (χ1) is 7.24. The van der Waals surface area contributed by atoms with Crippen LogP contribution in [0.2, 0.25) is 0 Å². The van der Waals surface area contributed by atoms with Crippen LogP contribution < -0.4 is 0 Å². The summed E-state index contributed by atoms with van der Waals surface area (Å²) >= 11 is 0. The van der Waals surface area contributed by atoms with Gasteiger partial charge in [-0.25, -0.2) is 0 Å². The van der Waals surface area contributed by atoms with E-state index in [4.69, 9.17) is 0 Å². The first kappa shape index (κ1) is 9.84. The van der Waals surface area contributed by atoms with E-state index in [0.29, 0.717) is 11.1 Å². The van der Waals surface area contributed by atoms with E-state index in [1.54, 1.807) is 6.07 Å². The van der Waals surface area contributed by atoms with E-state index in [9.17, 15) is 9.59 Å². The van der Waals surface area contributed by atoms with Crippen LogP contribution in [0.15, 0.2) is 30.4 Å². The maximum absolute atomic E-state index is 11.7. The molecule has 0 aromatic heterocycles. The predicted octanol–water partition coefficient (Wildman–Crippen LogP) is 2.57. The molecule has 0 amide bonds. The topological polar surface area (TPSA) is 34.1 Å². The molecule has 0 bridgehead atoms. The van der Waals surface area contributed by atoms with Gasteiger partial charge in [0.25, 0.3) is 0 Å². The molecule has 2 rings (SSSR count). The quantitative estimate of drug-likeness (QED) is 0.735. The summed E-state index contributed by atoms with van der Waals surface area (Å²) in [5.41, 5.74) is 2.14. The van der Waals surface area contributed by atoms with Crippen molar-refractivity contribution in [3.05, 3.63) is 47.0 Å². The van der Waals surface area contributed by atoms with Gasteiger partial charge in [-0.05, 0) is 24.1 Å². The fourth-order valence-corrected chi connectivity index (χ4v) is 1.90. The van der Waals surface area contributed by atoms with Crippen LogP contribution in [0.3, 0.4) is 0 Å². The summed E-state index contributed by atoms with van der Waals surface area (Å²) in [6.45, 7) is 2.06. The highest BCUT2D eigenvalue weighted by atomic mass is 16.1. The van der Waals surface area contributed by atoms with Crippen molar-refractivity contribution in [2.75, 3.05) is 0 Å². The largest absolute Gasteiger partial charge is 0.289 e. The summed E-state index contributed by atoms with van der Waals surface area (Å²) in [6, 6.07) is 5.49. The smallest absolute Gasteiger partial charge is 0.186 e. The zero-order chi connectivity index (χ0) is 10.8. The highest BCUT2D eigenvalue weighted by Gasteiger charge is 2.21. The molecule has 1 aromatic carbocycles. The van der Waals surface area contributed by atoms with E-state index in [2.05, 4.69) is 6.92 Å². The third kappa shape index (κ3) is 1.63. The molecule has 1 aromatic rings. The van der Waals surface area contributed by atoms with Crippen LogP contribution in [-0.4, -0.2) is 11.6 Å². The van der Waals surface area contributed by atoms with E-state index < -0.39 is 0 Å². The van der Waals surface area contributed by atoms with E-state index in [1.807, 2.05) is 12.1 Å². The number of ketones is 2. The molecule has 0 fully saturated rings. The van der Waals surface area contributed by atoms with Crippen LogP contribution in [0, 0.1) is 0 Å². The summed E-state index contributed by atoms with van der Waals surface area (Å²) in [5, 5.41) is 0. The molecule has 0 saturated heterocycles. The number of carbonyl (C=O) groups is 2. The normalized spacial score (nSPS) is 14.2. The third-order valence-electron chi connectivity index (χ3n) is 2.57. The van der Waals surface area contributed by atoms with E-state index in [-0.39, 0.29) is 11.6 Å². The summed E-state index contributed by atoms with van der Waals surface area (Å²) < 4.78 is 0. The van der Waals surface area contributed by atoms with Gasteiger partial charge in [0, 0.05) is 11.1 Å². The average Bonchev–Trinajstić information content (AvgIpc) is 2.24. The van der Waals surface area contributed by atoms with Gasteiger partial charge in [0.15, 0.2) is 11.6 Å². The molecule has 0 saturated carbocycles. The molecular formula is C13H12O2. The molecule has 0 unspecified atom stereocenters. The van der Waals surface area contributed by atoms with Gasteiger partial charge < -0.3 is 0 Å². The maximum atomic E-state index is 11.7. The van der Waals surface area contributed by atoms with Gasteiger partial charge in [0.05, 0.1) is 0 Å². The Morgan fingerprint density at radius 1 is 1.07 bits per heavy atom. The molecule has 0 radical (unpaired) electrons. The van der Waals surface area contributed by atoms with Gasteiger partial charge in [0.1, 0.15) is 0 Å². The van der Waals surface area contributed by atoms with E-state index in [0.717, 1.165) is 18.4 Å². The lowest BCUT2D eigenvalue weighted by Gasteiger charge is -2.13. The summed E-state index contributed by atoms with van der Waals surface area (Å²) in [7, 11) is 0. The number of carbonyl (C=O) groups excluding carboxylic acids is 2. The van der Waals surface area contributed by atoms with Crippen molar-refractivity contribution in [3.63, 3.8) is 0 Å². The van der Waals surface area contributed by atoms with Crippen molar-refractivity contribution in [3.8, 4) is 0 Å².